The number of benzene rings is 1. The Morgan fingerprint density at radius 3 is 2.76 bits per heavy atom. The topological polar surface area (TPSA) is 49.4 Å². The molecule has 0 aliphatic carbocycles. The molecule has 1 saturated heterocycles. The molecule has 4 nitrogen and oxygen atoms in total. The first-order chi connectivity index (χ1) is 9.79. The maximum Gasteiger partial charge on any atom is 0.244 e. The van der Waals surface area contributed by atoms with Crippen LogP contribution in [0.5, 0.6) is 0 Å². The molecule has 0 spiro atoms. The first kappa shape index (κ1) is 16.8. The summed E-state index contributed by atoms with van der Waals surface area (Å²) in [5.74, 6) is -1.73. The van der Waals surface area contributed by atoms with E-state index in [1.54, 1.807) is 0 Å². The third kappa shape index (κ3) is 4.21. The molecule has 8 heteroatoms. The Kier molecular flexibility index (Phi) is 5.34. The molecule has 118 valence electrons. The molecule has 0 saturated carbocycles. The summed E-state index contributed by atoms with van der Waals surface area (Å²) in [5, 5.41) is 0. The van der Waals surface area contributed by atoms with Gasteiger partial charge in [0.2, 0.25) is 10.0 Å². The second kappa shape index (κ2) is 6.68. The van der Waals surface area contributed by atoms with E-state index in [2.05, 4.69) is 25.6 Å². The number of nitrogens with zero attached hydrogens (tertiary/aromatic N) is 1. The van der Waals surface area contributed by atoms with Gasteiger partial charge in [0.25, 0.3) is 0 Å². The van der Waals surface area contributed by atoms with Gasteiger partial charge < -0.3 is 4.90 Å². The van der Waals surface area contributed by atoms with E-state index < -0.39 is 26.6 Å². The predicted octanol–water partition coefficient (Wildman–Crippen LogP) is 2.35. The molecule has 1 unspecified atom stereocenters. The van der Waals surface area contributed by atoms with Crippen LogP contribution in [0.4, 0.5) is 8.78 Å². The van der Waals surface area contributed by atoms with Crippen LogP contribution in [0.3, 0.4) is 0 Å². The van der Waals surface area contributed by atoms with Gasteiger partial charge in [0.1, 0.15) is 16.5 Å². The summed E-state index contributed by atoms with van der Waals surface area (Å²) in [6.07, 6.45) is 1.94. The Balaban J connectivity index is 2.12. The van der Waals surface area contributed by atoms with Crippen LogP contribution in [-0.2, 0) is 10.0 Å². The third-order valence-electron chi connectivity index (χ3n) is 3.52. The lowest BCUT2D eigenvalue weighted by Crippen LogP contribution is -2.39. The smallest absolute Gasteiger partial charge is 0.244 e. The van der Waals surface area contributed by atoms with Crippen LogP contribution < -0.4 is 4.72 Å². The lowest BCUT2D eigenvalue weighted by atomic mass is 9.99. The average molecular weight is 383 g/mol. The minimum absolute atomic E-state index is 0.117. The molecule has 21 heavy (non-hydrogen) atoms. The van der Waals surface area contributed by atoms with Gasteiger partial charge in [-0.25, -0.2) is 21.9 Å². The Labute approximate surface area is 131 Å². The predicted molar refractivity (Wildman–Crippen MR) is 79.5 cm³/mol. The summed E-state index contributed by atoms with van der Waals surface area (Å²) in [6, 6.07) is 1.50. The zero-order chi connectivity index (χ0) is 15.6. The van der Waals surface area contributed by atoms with E-state index in [0.29, 0.717) is 6.07 Å². The van der Waals surface area contributed by atoms with E-state index in [9.17, 15) is 17.2 Å². The Hall–Kier alpha value is -0.570. The fourth-order valence-corrected chi connectivity index (χ4v) is 4.80. The van der Waals surface area contributed by atoms with Crippen molar-refractivity contribution in [2.45, 2.75) is 17.7 Å². The van der Waals surface area contributed by atoms with Crippen molar-refractivity contribution < 1.29 is 17.2 Å². The van der Waals surface area contributed by atoms with Crippen LogP contribution in [0.2, 0.25) is 0 Å². The normalized spacial score (nSPS) is 20.7. The monoisotopic (exact) mass is 382 g/mol. The number of rotatable bonds is 4. The largest absolute Gasteiger partial charge is 0.306 e. The Bertz CT molecular complexity index is 602. The van der Waals surface area contributed by atoms with Crippen molar-refractivity contribution in [3.8, 4) is 0 Å². The van der Waals surface area contributed by atoms with E-state index in [1.165, 1.54) is 0 Å². The fraction of sp³-hybridized carbons (Fsp3) is 0.538. The summed E-state index contributed by atoms with van der Waals surface area (Å²) >= 11 is 2.90. The van der Waals surface area contributed by atoms with Crippen molar-refractivity contribution in [1.29, 1.82) is 0 Å². The van der Waals surface area contributed by atoms with Crippen molar-refractivity contribution in [2.75, 3.05) is 26.7 Å². The van der Waals surface area contributed by atoms with Crippen LogP contribution >= 0.6 is 15.9 Å². The average Bonchev–Trinajstić information content (AvgIpc) is 2.35. The molecular weight excluding hydrogens is 366 g/mol. The van der Waals surface area contributed by atoms with Crippen molar-refractivity contribution in [1.82, 2.24) is 9.62 Å². The molecule has 1 aromatic carbocycles. The molecule has 1 fully saturated rings. The van der Waals surface area contributed by atoms with Crippen LogP contribution in [0.15, 0.2) is 21.5 Å². The summed E-state index contributed by atoms with van der Waals surface area (Å²) in [4.78, 5) is 1.59. The van der Waals surface area contributed by atoms with Crippen LogP contribution in [-0.4, -0.2) is 40.0 Å². The third-order valence-corrected chi connectivity index (χ3v) is 5.90. The summed E-state index contributed by atoms with van der Waals surface area (Å²) < 4.78 is 53.4. The molecule has 1 aromatic rings. The number of hydrogen-bond acceptors (Lipinski definition) is 3. The number of sulfonamides is 1. The molecule has 1 atom stereocenters. The number of likely N-dealkylation sites (tertiary alicyclic amines) is 1. The molecule has 1 aliphatic rings. The first-order valence-electron chi connectivity index (χ1n) is 6.62. The van der Waals surface area contributed by atoms with Gasteiger partial charge in [0, 0.05) is 23.6 Å². The second-order valence-electron chi connectivity index (χ2n) is 5.32. The van der Waals surface area contributed by atoms with E-state index in [4.69, 9.17) is 0 Å². The standard InChI is InChI=1S/C13H17BrF2N2O2S/c1-18-4-2-3-9(8-18)7-17-21(19,20)13-11(14)5-10(15)6-12(13)16/h5-6,9,17H,2-4,7-8H2,1H3. The Morgan fingerprint density at radius 2 is 2.14 bits per heavy atom. The van der Waals surface area contributed by atoms with Gasteiger partial charge >= 0.3 is 0 Å². The molecule has 0 radical (unpaired) electrons. The van der Waals surface area contributed by atoms with E-state index >= 15 is 0 Å². The fourth-order valence-electron chi connectivity index (χ4n) is 2.53. The summed E-state index contributed by atoms with van der Waals surface area (Å²) in [7, 11) is -2.03. The van der Waals surface area contributed by atoms with E-state index in [-0.39, 0.29) is 16.9 Å². The van der Waals surface area contributed by atoms with Gasteiger partial charge in [-0.1, -0.05) is 0 Å². The molecular formula is C13H17BrF2N2O2S. The highest BCUT2D eigenvalue weighted by Crippen LogP contribution is 2.26. The number of nitrogens with one attached hydrogen (secondary N) is 1. The highest BCUT2D eigenvalue weighted by atomic mass is 79.9. The molecule has 1 heterocycles. The van der Waals surface area contributed by atoms with Gasteiger partial charge in [0.05, 0.1) is 0 Å². The van der Waals surface area contributed by atoms with Crippen LogP contribution in [0.1, 0.15) is 12.8 Å². The van der Waals surface area contributed by atoms with Crippen molar-refractivity contribution >= 4 is 26.0 Å². The number of hydrogen-bond donors (Lipinski definition) is 1. The zero-order valence-corrected chi connectivity index (χ0v) is 14.0. The maximum absolute atomic E-state index is 13.7. The zero-order valence-electron chi connectivity index (χ0n) is 11.6. The molecule has 0 aromatic heterocycles. The minimum Gasteiger partial charge on any atom is -0.306 e. The molecule has 0 amide bonds. The van der Waals surface area contributed by atoms with Gasteiger partial charge in [0.15, 0.2) is 0 Å². The second-order valence-corrected chi connectivity index (χ2v) is 7.88. The summed E-state index contributed by atoms with van der Waals surface area (Å²) in [6.45, 7) is 2.05. The number of halogens is 3. The minimum atomic E-state index is -4.01. The van der Waals surface area contributed by atoms with Crippen LogP contribution in [0.25, 0.3) is 0 Å². The lowest BCUT2D eigenvalue weighted by molar-refractivity contribution is 0.211. The van der Waals surface area contributed by atoms with Gasteiger partial charge in [-0.05, 0) is 54.3 Å². The molecule has 2 rings (SSSR count). The first-order valence-corrected chi connectivity index (χ1v) is 8.90. The highest BCUT2D eigenvalue weighted by molar-refractivity contribution is 9.10. The van der Waals surface area contributed by atoms with Gasteiger partial charge in [-0.15, -0.1) is 0 Å². The SMILES string of the molecule is CN1CCCC(CNS(=O)(=O)c2c(F)cc(F)cc2Br)C1. The molecule has 1 aliphatic heterocycles. The van der Waals surface area contributed by atoms with Crippen molar-refractivity contribution in [3.05, 3.63) is 28.2 Å². The highest BCUT2D eigenvalue weighted by Gasteiger charge is 2.25. The van der Waals surface area contributed by atoms with Crippen molar-refractivity contribution in [3.63, 3.8) is 0 Å². The quantitative estimate of drug-likeness (QED) is 0.869. The maximum atomic E-state index is 13.7. The van der Waals surface area contributed by atoms with E-state index in [1.807, 2.05) is 7.05 Å². The molecule has 0 bridgehead atoms. The number of piperidine rings is 1. The van der Waals surface area contributed by atoms with Gasteiger partial charge in [-0.3, -0.25) is 0 Å². The van der Waals surface area contributed by atoms with Crippen LogP contribution in [0, 0.1) is 17.6 Å². The van der Waals surface area contributed by atoms with Crippen molar-refractivity contribution in [2.24, 2.45) is 5.92 Å². The summed E-state index contributed by atoms with van der Waals surface area (Å²) in [5.41, 5.74) is 0. The van der Waals surface area contributed by atoms with Gasteiger partial charge in [-0.2, -0.15) is 0 Å². The lowest BCUT2D eigenvalue weighted by Gasteiger charge is -2.29. The molecule has 1 N–H and O–H groups in total. The van der Waals surface area contributed by atoms with E-state index in [0.717, 1.165) is 32.0 Å². The Morgan fingerprint density at radius 1 is 1.43 bits per heavy atom.